The Bertz CT molecular complexity index is 494. The van der Waals surface area contributed by atoms with E-state index < -0.39 is 23.6 Å². The van der Waals surface area contributed by atoms with Gasteiger partial charge in [0.05, 0.1) is 4.92 Å². The van der Waals surface area contributed by atoms with Crippen LogP contribution in [0.15, 0.2) is 24.3 Å². The van der Waals surface area contributed by atoms with Crippen LogP contribution in [0.4, 0.5) is 5.69 Å². The van der Waals surface area contributed by atoms with E-state index in [1.54, 1.807) is 12.1 Å². The minimum atomic E-state index is -0.883. The fraction of sp³-hybridized carbons (Fsp3) is 0.273. The SMILES string of the molecule is C[C@@H](C#N)OC(=O)COc1ccccc1[N+](=O)[O-]. The highest BCUT2D eigenvalue weighted by Gasteiger charge is 2.16. The van der Waals surface area contributed by atoms with Crippen molar-refractivity contribution < 1.29 is 19.2 Å². The zero-order valence-corrected chi connectivity index (χ0v) is 9.53. The summed E-state index contributed by atoms with van der Waals surface area (Å²) in [6.45, 7) is 0.916. The molecule has 0 aliphatic carbocycles. The number of rotatable bonds is 5. The molecule has 1 aromatic rings. The Morgan fingerprint density at radius 1 is 1.56 bits per heavy atom. The lowest BCUT2D eigenvalue weighted by molar-refractivity contribution is -0.385. The third-order valence-corrected chi connectivity index (χ3v) is 1.90. The van der Waals surface area contributed by atoms with Gasteiger partial charge in [-0.25, -0.2) is 4.79 Å². The van der Waals surface area contributed by atoms with Crippen LogP contribution in [0.25, 0.3) is 0 Å². The zero-order chi connectivity index (χ0) is 13.5. The Morgan fingerprint density at radius 2 is 2.22 bits per heavy atom. The van der Waals surface area contributed by atoms with Gasteiger partial charge in [0.1, 0.15) is 6.07 Å². The van der Waals surface area contributed by atoms with Crippen LogP contribution in [0, 0.1) is 21.4 Å². The number of nitro groups is 1. The number of carbonyl (C=O) groups is 1. The van der Waals surface area contributed by atoms with Gasteiger partial charge in [-0.3, -0.25) is 10.1 Å². The Hall–Kier alpha value is -2.62. The molecule has 0 aromatic heterocycles. The summed E-state index contributed by atoms with van der Waals surface area (Å²) in [5.74, 6) is -0.786. The largest absolute Gasteiger partial charge is 0.475 e. The fourth-order valence-electron chi connectivity index (χ4n) is 1.12. The first-order valence-electron chi connectivity index (χ1n) is 5.00. The van der Waals surface area contributed by atoms with E-state index in [-0.39, 0.29) is 11.4 Å². The van der Waals surface area contributed by atoms with Gasteiger partial charge < -0.3 is 9.47 Å². The van der Waals surface area contributed by atoms with Crippen molar-refractivity contribution in [1.82, 2.24) is 0 Å². The normalized spacial score (nSPS) is 11.1. The number of para-hydroxylation sites is 2. The summed E-state index contributed by atoms with van der Waals surface area (Å²) in [5.41, 5.74) is -0.237. The van der Waals surface area contributed by atoms with Crippen LogP contribution < -0.4 is 4.74 Å². The van der Waals surface area contributed by atoms with Crippen LogP contribution in [-0.4, -0.2) is 23.6 Å². The Morgan fingerprint density at radius 3 is 2.83 bits per heavy atom. The number of nitrogens with zero attached hydrogens (tertiary/aromatic N) is 2. The highest BCUT2D eigenvalue weighted by atomic mass is 16.6. The molecular formula is C11H10N2O5. The molecule has 18 heavy (non-hydrogen) atoms. The lowest BCUT2D eigenvalue weighted by Gasteiger charge is -2.07. The monoisotopic (exact) mass is 250 g/mol. The number of nitriles is 1. The summed E-state index contributed by atoms with van der Waals surface area (Å²) in [7, 11) is 0. The first kappa shape index (κ1) is 13.4. The summed E-state index contributed by atoms with van der Waals surface area (Å²) in [6, 6.07) is 7.39. The molecule has 94 valence electrons. The predicted molar refractivity (Wildman–Crippen MR) is 59.8 cm³/mol. The average molecular weight is 250 g/mol. The maximum absolute atomic E-state index is 11.2. The number of hydrogen-bond acceptors (Lipinski definition) is 6. The van der Waals surface area contributed by atoms with Gasteiger partial charge >= 0.3 is 11.7 Å². The molecule has 0 saturated heterocycles. The molecule has 7 heteroatoms. The van der Waals surface area contributed by atoms with Gasteiger partial charge in [0.2, 0.25) is 0 Å². The standard InChI is InChI=1S/C11H10N2O5/c1-8(6-12)18-11(14)7-17-10-5-3-2-4-9(10)13(15)16/h2-5,8H,7H2,1H3/t8-/m0/s1. The third-order valence-electron chi connectivity index (χ3n) is 1.90. The van der Waals surface area contributed by atoms with Crippen LogP contribution in [-0.2, 0) is 9.53 Å². The van der Waals surface area contributed by atoms with Crippen LogP contribution in [0.2, 0.25) is 0 Å². The van der Waals surface area contributed by atoms with Gasteiger partial charge in [0.15, 0.2) is 18.5 Å². The van der Waals surface area contributed by atoms with E-state index in [2.05, 4.69) is 4.74 Å². The molecule has 0 saturated carbocycles. The van der Waals surface area contributed by atoms with Crippen molar-refractivity contribution in [3.63, 3.8) is 0 Å². The molecule has 1 aromatic carbocycles. The fourth-order valence-corrected chi connectivity index (χ4v) is 1.12. The van der Waals surface area contributed by atoms with Crippen molar-refractivity contribution >= 4 is 11.7 Å². The van der Waals surface area contributed by atoms with Gasteiger partial charge in [-0.05, 0) is 13.0 Å². The Kier molecular flexibility index (Phi) is 4.63. The Balaban J connectivity index is 2.62. The van der Waals surface area contributed by atoms with E-state index in [0.29, 0.717) is 0 Å². The summed E-state index contributed by atoms with van der Waals surface area (Å²) in [4.78, 5) is 21.2. The number of nitro benzene ring substituents is 1. The maximum atomic E-state index is 11.2. The molecule has 7 nitrogen and oxygen atoms in total. The molecule has 1 rings (SSSR count). The zero-order valence-electron chi connectivity index (χ0n) is 9.53. The van der Waals surface area contributed by atoms with Gasteiger partial charge in [-0.1, -0.05) is 12.1 Å². The van der Waals surface area contributed by atoms with Crippen molar-refractivity contribution in [2.45, 2.75) is 13.0 Å². The summed E-state index contributed by atoms with van der Waals surface area (Å²) >= 11 is 0. The molecule has 0 N–H and O–H groups in total. The lowest BCUT2D eigenvalue weighted by Crippen LogP contribution is -2.19. The minimum Gasteiger partial charge on any atom is -0.475 e. The quantitative estimate of drug-likeness (QED) is 0.445. The highest BCUT2D eigenvalue weighted by molar-refractivity contribution is 5.71. The van der Waals surface area contributed by atoms with Crippen molar-refractivity contribution in [3.05, 3.63) is 34.4 Å². The second-order valence-electron chi connectivity index (χ2n) is 3.27. The first-order chi connectivity index (χ1) is 8.54. The molecule has 0 fully saturated rings. The van der Waals surface area contributed by atoms with Crippen molar-refractivity contribution in [3.8, 4) is 11.8 Å². The van der Waals surface area contributed by atoms with E-state index >= 15 is 0 Å². The highest BCUT2D eigenvalue weighted by Crippen LogP contribution is 2.25. The number of esters is 1. The molecule has 0 bridgehead atoms. The van der Waals surface area contributed by atoms with Crippen LogP contribution in [0.1, 0.15) is 6.92 Å². The molecule has 0 unspecified atom stereocenters. The molecule has 0 heterocycles. The van der Waals surface area contributed by atoms with Gasteiger partial charge in [-0.2, -0.15) is 5.26 Å². The number of ether oxygens (including phenoxy) is 2. The third kappa shape index (κ3) is 3.75. The topological polar surface area (TPSA) is 102 Å². The van der Waals surface area contributed by atoms with E-state index in [9.17, 15) is 14.9 Å². The van der Waals surface area contributed by atoms with E-state index in [1.807, 2.05) is 0 Å². The van der Waals surface area contributed by atoms with Gasteiger partial charge in [0, 0.05) is 6.07 Å². The van der Waals surface area contributed by atoms with Crippen molar-refractivity contribution in [1.29, 1.82) is 5.26 Å². The number of benzene rings is 1. The summed E-state index contributed by atoms with van der Waals surface area (Å²) in [6.07, 6.45) is -0.883. The minimum absolute atomic E-state index is 0.0240. The molecule has 0 aliphatic rings. The van der Waals surface area contributed by atoms with Crippen molar-refractivity contribution in [2.24, 2.45) is 0 Å². The molecule has 0 spiro atoms. The van der Waals surface area contributed by atoms with Gasteiger partial charge in [0.25, 0.3) is 0 Å². The number of carbonyl (C=O) groups excluding carboxylic acids is 1. The molecule has 0 aliphatic heterocycles. The summed E-state index contributed by atoms with van der Waals surface area (Å²) < 4.78 is 9.61. The molecule has 0 radical (unpaired) electrons. The second kappa shape index (κ2) is 6.20. The molecule has 1 atom stereocenters. The van der Waals surface area contributed by atoms with Crippen molar-refractivity contribution in [2.75, 3.05) is 6.61 Å². The molecular weight excluding hydrogens is 240 g/mol. The molecule has 0 amide bonds. The first-order valence-corrected chi connectivity index (χ1v) is 5.00. The van der Waals surface area contributed by atoms with Crippen LogP contribution in [0.5, 0.6) is 5.75 Å². The van der Waals surface area contributed by atoms with E-state index in [1.165, 1.54) is 25.1 Å². The predicted octanol–water partition coefficient (Wildman–Crippen LogP) is 1.43. The smallest absolute Gasteiger partial charge is 0.345 e. The van der Waals surface area contributed by atoms with Crippen LogP contribution in [0.3, 0.4) is 0 Å². The lowest BCUT2D eigenvalue weighted by atomic mass is 10.3. The maximum Gasteiger partial charge on any atom is 0.345 e. The van der Waals surface area contributed by atoms with Crippen LogP contribution >= 0.6 is 0 Å². The number of hydrogen-bond donors (Lipinski definition) is 0. The van der Waals surface area contributed by atoms with E-state index in [4.69, 9.17) is 10.00 Å². The van der Waals surface area contributed by atoms with E-state index in [0.717, 1.165) is 0 Å². The summed E-state index contributed by atoms with van der Waals surface area (Å²) in [5, 5.41) is 19.1. The second-order valence-corrected chi connectivity index (χ2v) is 3.27. The van der Waals surface area contributed by atoms with Gasteiger partial charge in [-0.15, -0.1) is 0 Å². The Labute approximate surface area is 103 Å². The average Bonchev–Trinajstić information content (AvgIpc) is 2.36.